The second-order valence-corrected chi connectivity index (χ2v) is 8.03. The maximum absolute atomic E-state index is 13.8. The molecule has 9 heteroatoms. The molecule has 1 heterocycles. The summed E-state index contributed by atoms with van der Waals surface area (Å²) in [5, 5.41) is 0.207. The minimum absolute atomic E-state index is 0.0273. The molecule has 0 amide bonds. The Labute approximate surface area is 191 Å². The summed E-state index contributed by atoms with van der Waals surface area (Å²) in [7, 11) is 0. The first kappa shape index (κ1) is 22.3. The zero-order valence-electron chi connectivity index (χ0n) is 15.7. The number of pyridine rings is 1. The van der Waals surface area contributed by atoms with Crippen LogP contribution in [0.3, 0.4) is 0 Å². The molecular formula is C21H16BrCl2FN2O3. The number of benzene rings is 2. The summed E-state index contributed by atoms with van der Waals surface area (Å²) in [6.45, 7) is 1.68. The van der Waals surface area contributed by atoms with Gasteiger partial charge in [-0.15, -0.1) is 0 Å². The molecule has 3 rings (SSSR count). The van der Waals surface area contributed by atoms with Gasteiger partial charge >= 0.3 is 5.97 Å². The standard InChI is InChI=1S/C21H16BrCl2FN2O3/c1-11(18-15(23)4-5-16(25)19(18)24)30-14-8-12(7-13(22)9-14)10-29-21(28)20-17(26)3-2-6-27-20/h2-9,11H,10,26H2,1H3. The average Bonchev–Trinajstić information content (AvgIpc) is 2.69. The van der Waals surface area contributed by atoms with Crippen molar-refractivity contribution in [1.29, 1.82) is 0 Å². The van der Waals surface area contributed by atoms with Crippen LogP contribution in [0.2, 0.25) is 10.0 Å². The van der Waals surface area contributed by atoms with Gasteiger partial charge in [0.2, 0.25) is 0 Å². The summed E-state index contributed by atoms with van der Waals surface area (Å²) in [6, 6.07) is 11.0. The minimum atomic E-state index is -0.637. The van der Waals surface area contributed by atoms with Crippen molar-refractivity contribution in [3.63, 3.8) is 0 Å². The molecule has 0 aliphatic carbocycles. The number of aromatic nitrogens is 1. The van der Waals surface area contributed by atoms with E-state index >= 15 is 0 Å². The lowest BCUT2D eigenvalue weighted by Gasteiger charge is -2.19. The number of nitrogens with two attached hydrogens (primary N) is 1. The third-order valence-electron chi connectivity index (χ3n) is 4.13. The summed E-state index contributed by atoms with van der Waals surface area (Å²) in [4.78, 5) is 16.1. The van der Waals surface area contributed by atoms with Crippen molar-refractivity contribution >= 4 is 50.8 Å². The summed E-state index contributed by atoms with van der Waals surface area (Å²) in [5.74, 6) is -0.763. The first-order chi connectivity index (χ1) is 14.3. The molecule has 2 N–H and O–H groups in total. The third-order valence-corrected chi connectivity index (χ3v) is 5.30. The maximum atomic E-state index is 13.8. The number of nitrogens with zero attached hydrogens (tertiary/aromatic N) is 1. The Bertz CT molecular complexity index is 1100. The Morgan fingerprint density at radius 2 is 2.03 bits per heavy atom. The van der Waals surface area contributed by atoms with Crippen LogP contribution < -0.4 is 10.5 Å². The normalized spacial score (nSPS) is 11.8. The lowest BCUT2D eigenvalue weighted by molar-refractivity contribution is 0.0466. The van der Waals surface area contributed by atoms with Gasteiger partial charge in [-0.25, -0.2) is 14.2 Å². The van der Waals surface area contributed by atoms with Crippen molar-refractivity contribution in [3.05, 3.63) is 85.8 Å². The van der Waals surface area contributed by atoms with E-state index in [0.29, 0.717) is 26.4 Å². The van der Waals surface area contributed by atoms with Crippen LogP contribution in [0.4, 0.5) is 10.1 Å². The molecule has 0 aliphatic rings. The van der Waals surface area contributed by atoms with Gasteiger partial charge in [0.25, 0.3) is 0 Å². The number of nitrogen functional groups attached to an aromatic ring is 1. The average molecular weight is 514 g/mol. The smallest absolute Gasteiger partial charge is 0.359 e. The number of halogens is 4. The van der Waals surface area contributed by atoms with E-state index in [-0.39, 0.29) is 23.0 Å². The predicted octanol–water partition coefficient (Wildman–Crippen LogP) is 6.37. The van der Waals surface area contributed by atoms with Crippen LogP contribution >= 0.6 is 39.1 Å². The Morgan fingerprint density at radius 1 is 1.27 bits per heavy atom. The highest BCUT2D eigenvalue weighted by Gasteiger charge is 2.19. The molecule has 0 bridgehead atoms. The Balaban J connectivity index is 1.75. The zero-order valence-corrected chi connectivity index (χ0v) is 18.8. The Hall–Kier alpha value is -2.35. The van der Waals surface area contributed by atoms with Crippen molar-refractivity contribution in [1.82, 2.24) is 4.98 Å². The van der Waals surface area contributed by atoms with E-state index in [9.17, 15) is 9.18 Å². The van der Waals surface area contributed by atoms with Gasteiger partial charge in [-0.1, -0.05) is 39.1 Å². The predicted molar refractivity (Wildman–Crippen MR) is 117 cm³/mol. The molecule has 2 aromatic carbocycles. The van der Waals surface area contributed by atoms with Crippen molar-refractivity contribution in [3.8, 4) is 5.75 Å². The molecule has 0 radical (unpaired) electrons. The maximum Gasteiger partial charge on any atom is 0.359 e. The molecule has 1 unspecified atom stereocenters. The third kappa shape index (κ3) is 5.22. The van der Waals surface area contributed by atoms with Gasteiger partial charge in [-0.2, -0.15) is 0 Å². The minimum Gasteiger partial charge on any atom is -0.486 e. The summed E-state index contributed by atoms with van der Waals surface area (Å²) < 4.78 is 25.7. The van der Waals surface area contributed by atoms with Crippen LogP contribution in [0.25, 0.3) is 0 Å². The van der Waals surface area contributed by atoms with Gasteiger partial charge in [0.15, 0.2) is 5.69 Å². The van der Waals surface area contributed by atoms with Crippen LogP contribution in [0.5, 0.6) is 5.75 Å². The molecule has 156 valence electrons. The van der Waals surface area contributed by atoms with Crippen molar-refractivity contribution in [2.45, 2.75) is 19.6 Å². The van der Waals surface area contributed by atoms with E-state index in [1.54, 1.807) is 37.3 Å². The van der Waals surface area contributed by atoms with Crippen LogP contribution in [0, 0.1) is 5.82 Å². The highest BCUT2D eigenvalue weighted by Crippen LogP contribution is 2.35. The fraction of sp³-hybridized carbons (Fsp3) is 0.143. The number of carbonyl (C=O) groups excluding carboxylic acids is 1. The topological polar surface area (TPSA) is 74.4 Å². The first-order valence-corrected chi connectivity index (χ1v) is 10.3. The Kier molecular flexibility index (Phi) is 7.18. The fourth-order valence-corrected chi connectivity index (χ4v) is 3.95. The lowest BCUT2D eigenvalue weighted by Crippen LogP contribution is -2.10. The quantitative estimate of drug-likeness (QED) is 0.306. The van der Waals surface area contributed by atoms with Crippen LogP contribution in [-0.4, -0.2) is 11.0 Å². The molecule has 0 saturated heterocycles. The number of esters is 1. The summed E-state index contributed by atoms with van der Waals surface area (Å²) in [5.41, 5.74) is 7.03. The van der Waals surface area contributed by atoms with Gasteiger partial charge in [0, 0.05) is 21.3 Å². The van der Waals surface area contributed by atoms with E-state index < -0.39 is 17.9 Å². The molecule has 1 aromatic heterocycles. The molecule has 0 saturated carbocycles. The number of rotatable bonds is 6. The van der Waals surface area contributed by atoms with Crippen LogP contribution in [0.1, 0.15) is 34.6 Å². The lowest BCUT2D eigenvalue weighted by atomic mass is 10.1. The zero-order chi connectivity index (χ0) is 21.8. The molecule has 1 atom stereocenters. The number of hydrogen-bond donors (Lipinski definition) is 1. The van der Waals surface area contributed by atoms with Gasteiger partial charge in [0.1, 0.15) is 24.3 Å². The summed E-state index contributed by atoms with van der Waals surface area (Å²) in [6.07, 6.45) is 0.834. The van der Waals surface area contributed by atoms with Gasteiger partial charge in [-0.3, -0.25) is 0 Å². The molecular weight excluding hydrogens is 498 g/mol. The number of hydrogen-bond acceptors (Lipinski definition) is 5. The highest BCUT2D eigenvalue weighted by molar-refractivity contribution is 9.10. The van der Waals surface area contributed by atoms with Crippen LogP contribution in [-0.2, 0) is 11.3 Å². The Morgan fingerprint density at radius 3 is 2.77 bits per heavy atom. The van der Waals surface area contributed by atoms with E-state index in [1.165, 1.54) is 18.3 Å². The monoisotopic (exact) mass is 512 g/mol. The van der Waals surface area contributed by atoms with E-state index in [1.807, 2.05) is 0 Å². The molecule has 0 spiro atoms. The van der Waals surface area contributed by atoms with E-state index in [2.05, 4.69) is 20.9 Å². The molecule has 0 aliphatic heterocycles. The van der Waals surface area contributed by atoms with Gasteiger partial charge in [-0.05, 0) is 55.0 Å². The fourth-order valence-electron chi connectivity index (χ4n) is 2.76. The largest absolute Gasteiger partial charge is 0.486 e. The molecule has 3 aromatic rings. The molecule has 5 nitrogen and oxygen atoms in total. The van der Waals surface area contributed by atoms with E-state index in [0.717, 1.165) is 0 Å². The first-order valence-electron chi connectivity index (χ1n) is 8.73. The number of anilines is 1. The van der Waals surface area contributed by atoms with E-state index in [4.69, 9.17) is 38.4 Å². The second-order valence-electron chi connectivity index (χ2n) is 6.33. The molecule has 0 fully saturated rings. The highest BCUT2D eigenvalue weighted by atomic mass is 79.9. The molecule has 30 heavy (non-hydrogen) atoms. The number of carbonyl (C=O) groups is 1. The van der Waals surface area contributed by atoms with Gasteiger partial charge < -0.3 is 15.2 Å². The van der Waals surface area contributed by atoms with Crippen molar-refractivity contribution in [2.75, 3.05) is 5.73 Å². The second kappa shape index (κ2) is 9.64. The van der Waals surface area contributed by atoms with Crippen molar-refractivity contribution in [2.24, 2.45) is 0 Å². The van der Waals surface area contributed by atoms with Crippen LogP contribution in [0.15, 0.2) is 53.1 Å². The SMILES string of the molecule is CC(Oc1cc(Br)cc(COC(=O)c2ncccc2N)c1)c1c(Cl)ccc(F)c1Cl. The number of ether oxygens (including phenoxy) is 2. The van der Waals surface area contributed by atoms with Gasteiger partial charge in [0.05, 0.1) is 10.7 Å². The summed E-state index contributed by atoms with van der Waals surface area (Å²) >= 11 is 15.6. The van der Waals surface area contributed by atoms with Crippen molar-refractivity contribution < 1.29 is 18.7 Å².